The molecule has 0 saturated carbocycles. The number of hydrogen-bond acceptors (Lipinski definition) is 3. The summed E-state index contributed by atoms with van der Waals surface area (Å²) >= 11 is 0. The third kappa shape index (κ3) is 2.40. The molecule has 1 aliphatic rings. The molecule has 0 radical (unpaired) electrons. The van der Waals surface area contributed by atoms with Crippen LogP contribution in [-0.4, -0.2) is 40.2 Å². The molecule has 1 unspecified atom stereocenters. The average molecular weight is 257 g/mol. The quantitative estimate of drug-likeness (QED) is 0.787. The molecule has 1 atom stereocenters. The second-order valence-electron chi connectivity index (χ2n) is 5.28. The molecule has 3 rings (SSSR count). The molecule has 0 spiro atoms. The van der Waals surface area contributed by atoms with Crippen LogP contribution in [0.2, 0.25) is 0 Å². The number of hydrogen-bond donors (Lipinski definition) is 0. The predicted octanol–water partition coefficient (Wildman–Crippen LogP) is 2.03. The molecule has 0 aliphatic carbocycles. The van der Waals surface area contributed by atoms with Crippen molar-refractivity contribution in [2.45, 2.75) is 19.8 Å². The summed E-state index contributed by atoms with van der Waals surface area (Å²) in [5, 5.41) is 0. The predicted molar refractivity (Wildman–Crippen MR) is 74.5 cm³/mol. The first-order valence-electron chi connectivity index (χ1n) is 6.94. The maximum absolute atomic E-state index is 11.0. The first-order valence-corrected chi connectivity index (χ1v) is 6.94. The van der Waals surface area contributed by atoms with Crippen molar-refractivity contribution in [1.29, 1.82) is 0 Å². The van der Waals surface area contributed by atoms with Gasteiger partial charge in [0.05, 0.1) is 11.4 Å². The van der Waals surface area contributed by atoms with Crippen molar-refractivity contribution in [3.8, 4) is 0 Å². The average Bonchev–Trinajstić information content (AvgIpc) is 3.04. The van der Waals surface area contributed by atoms with E-state index in [1.165, 1.54) is 19.5 Å². The van der Waals surface area contributed by atoms with Gasteiger partial charge in [-0.25, -0.2) is 4.98 Å². The first-order chi connectivity index (χ1) is 9.30. The maximum atomic E-state index is 11.0. The molecule has 2 aromatic rings. The lowest BCUT2D eigenvalue weighted by Gasteiger charge is -2.11. The van der Waals surface area contributed by atoms with Crippen LogP contribution in [0.1, 0.15) is 29.5 Å². The first kappa shape index (κ1) is 12.4. The van der Waals surface area contributed by atoms with Gasteiger partial charge in [-0.05, 0) is 44.0 Å². The normalized spacial score (nSPS) is 20.2. The Morgan fingerprint density at radius 1 is 1.47 bits per heavy atom. The molecular weight excluding hydrogens is 238 g/mol. The van der Waals surface area contributed by atoms with E-state index in [-0.39, 0.29) is 0 Å². The number of aromatic nitrogens is 2. The number of aldehydes is 1. The summed E-state index contributed by atoms with van der Waals surface area (Å²) in [4.78, 5) is 18.1. The van der Waals surface area contributed by atoms with Gasteiger partial charge in [0, 0.05) is 12.7 Å². The van der Waals surface area contributed by atoms with E-state index in [1.54, 1.807) is 0 Å². The van der Waals surface area contributed by atoms with Crippen molar-refractivity contribution in [2.75, 3.05) is 19.6 Å². The summed E-state index contributed by atoms with van der Waals surface area (Å²) in [6.45, 7) is 5.72. The largest absolute Gasteiger partial charge is 0.303 e. The van der Waals surface area contributed by atoms with Gasteiger partial charge in [0.25, 0.3) is 0 Å². The maximum Gasteiger partial charge on any atom is 0.166 e. The van der Waals surface area contributed by atoms with Gasteiger partial charge in [-0.15, -0.1) is 0 Å². The second kappa shape index (κ2) is 5.13. The summed E-state index contributed by atoms with van der Waals surface area (Å²) in [5.74, 6) is 0.699. The van der Waals surface area contributed by atoms with Crippen LogP contribution in [0.25, 0.3) is 5.65 Å². The van der Waals surface area contributed by atoms with E-state index in [2.05, 4.69) is 16.8 Å². The van der Waals surface area contributed by atoms with Crippen LogP contribution in [0.15, 0.2) is 24.4 Å². The molecule has 0 amide bonds. The summed E-state index contributed by atoms with van der Waals surface area (Å²) in [6.07, 6.45) is 5.15. The Morgan fingerprint density at radius 3 is 3.11 bits per heavy atom. The van der Waals surface area contributed by atoms with Gasteiger partial charge in [-0.1, -0.05) is 13.0 Å². The van der Waals surface area contributed by atoms with Gasteiger partial charge >= 0.3 is 0 Å². The highest BCUT2D eigenvalue weighted by Gasteiger charge is 2.22. The van der Waals surface area contributed by atoms with E-state index in [9.17, 15) is 4.79 Å². The SMILES string of the molecule is CCN1CCC(Cc2cn3c(C=O)cccc3n2)C1. The molecule has 4 nitrogen and oxygen atoms in total. The third-order valence-electron chi connectivity index (χ3n) is 4.01. The number of nitrogens with zero attached hydrogens (tertiary/aromatic N) is 3. The van der Waals surface area contributed by atoms with E-state index in [0.717, 1.165) is 30.6 Å². The zero-order chi connectivity index (χ0) is 13.2. The Kier molecular flexibility index (Phi) is 3.34. The van der Waals surface area contributed by atoms with Gasteiger partial charge in [0.15, 0.2) is 6.29 Å². The summed E-state index contributed by atoms with van der Waals surface area (Å²) < 4.78 is 1.88. The van der Waals surface area contributed by atoms with Crippen LogP contribution < -0.4 is 0 Å². The smallest absolute Gasteiger partial charge is 0.166 e. The molecule has 4 heteroatoms. The monoisotopic (exact) mass is 257 g/mol. The van der Waals surface area contributed by atoms with E-state index in [4.69, 9.17) is 0 Å². The van der Waals surface area contributed by atoms with Gasteiger partial charge in [-0.3, -0.25) is 9.20 Å². The van der Waals surface area contributed by atoms with Gasteiger partial charge in [0.2, 0.25) is 0 Å². The Balaban J connectivity index is 1.80. The molecule has 0 N–H and O–H groups in total. The van der Waals surface area contributed by atoms with Crippen LogP contribution in [-0.2, 0) is 6.42 Å². The zero-order valence-electron chi connectivity index (χ0n) is 11.2. The number of imidazole rings is 1. The molecule has 0 aromatic carbocycles. The van der Waals surface area contributed by atoms with Crippen LogP contribution in [0, 0.1) is 5.92 Å². The zero-order valence-corrected chi connectivity index (χ0v) is 11.2. The Labute approximate surface area is 113 Å². The van der Waals surface area contributed by atoms with E-state index >= 15 is 0 Å². The van der Waals surface area contributed by atoms with Crippen LogP contribution in [0.4, 0.5) is 0 Å². The highest BCUT2D eigenvalue weighted by atomic mass is 16.1. The molecule has 2 aromatic heterocycles. The van der Waals surface area contributed by atoms with Crippen LogP contribution in [0.5, 0.6) is 0 Å². The highest BCUT2D eigenvalue weighted by Crippen LogP contribution is 2.20. The lowest BCUT2D eigenvalue weighted by Crippen LogP contribution is -2.20. The molecule has 100 valence electrons. The minimum Gasteiger partial charge on any atom is -0.303 e. The Morgan fingerprint density at radius 2 is 2.37 bits per heavy atom. The lowest BCUT2D eigenvalue weighted by atomic mass is 10.0. The van der Waals surface area contributed by atoms with Gasteiger partial charge < -0.3 is 4.90 Å². The van der Waals surface area contributed by atoms with E-state index in [1.807, 2.05) is 28.8 Å². The number of likely N-dealkylation sites (tertiary alicyclic amines) is 1. The standard InChI is InChI=1S/C15H19N3O/c1-2-17-7-6-12(9-17)8-13-10-18-14(11-19)4-3-5-15(18)16-13/h3-5,10-12H,2,6-9H2,1H3. The Bertz CT molecular complexity index is 590. The molecular formula is C15H19N3O. The third-order valence-corrected chi connectivity index (χ3v) is 4.01. The van der Waals surface area contributed by atoms with E-state index < -0.39 is 0 Å². The van der Waals surface area contributed by atoms with E-state index in [0.29, 0.717) is 11.6 Å². The topological polar surface area (TPSA) is 37.6 Å². The van der Waals surface area contributed by atoms with Crippen molar-refractivity contribution >= 4 is 11.9 Å². The molecule has 19 heavy (non-hydrogen) atoms. The molecule has 3 heterocycles. The van der Waals surface area contributed by atoms with Crippen LogP contribution in [0.3, 0.4) is 0 Å². The minimum absolute atomic E-state index is 0.665. The lowest BCUT2D eigenvalue weighted by molar-refractivity contribution is 0.111. The van der Waals surface area contributed by atoms with Crippen molar-refractivity contribution in [1.82, 2.24) is 14.3 Å². The Hall–Kier alpha value is -1.68. The highest BCUT2D eigenvalue weighted by molar-refractivity contribution is 5.73. The number of pyridine rings is 1. The number of carbonyl (C=O) groups is 1. The number of fused-ring (bicyclic) bond motifs is 1. The minimum atomic E-state index is 0.665. The molecule has 0 bridgehead atoms. The number of carbonyl (C=O) groups excluding carboxylic acids is 1. The van der Waals surface area contributed by atoms with Crippen molar-refractivity contribution in [3.05, 3.63) is 35.8 Å². The molecule has 1 aliphatic heterocycles. The van der Waals surface area contributed by atoms with Crippen molar-refractivity contribution < 1.29 is 4.79 Å². The fourth-order valence-electron chi connectivity index (χ4n) is 2.94. The van der Waals surface area contributed by atoms with Gasteiger partial charge in [0.1, 0.15) is 5.65 Å². The summed E-state index contributed by atoms with van der Waals surface area (Å²) in [6, 6.07) is 5.65. The fourth-order valence-corrected chi connectivity index (χ4v) is 2.94. The molecule has 1 fully saturated rings. The second-order valence-corrected chi connectivity index (χ2v) is 5.28. The van der Waals surface area contributed by atoms with Crippen LogP contribution >= 0.6 is 0 Å². The van der Waals surface area contributed by atoms with Crippen molar-refractivity contribution in [2.24, 2.45) is 5.92 Å². The van der Waals surface area contributed by atoms with Gasteiger partial charge in [-0.2, -0.15) is 0 Å². The fraction of sp³-hybridized carbons (Fsp3) is 0.467. The number of rotatable bonds is 4. The summed E-state index contributed by atoms with van der Waals surface area (Å²) in [7, 11) is 0. The summed E-state index contributed by atoms with van der Waals surface area (Å²) in [5.41, 5.74) is 2.63. The van der Waals surface area contributed by atoms with Crippen molar-refractivity contribution in [3.63, 3.8) is 0 Å². The molecule has 1 saturated heterocycles.